The van der Waals surface area contributed by atoms with Crippen LogP contribution >= 0.6 is 0 Å². The maximum atomic E-state index is 13.6. The van der Waals surface area contributed by atoms with Gasteiger partial charge in [0.15, 0.2) is 0 Å². The van der Waals surface area contributed by atoms with Crippen LogP contribution in [0.15, 0.2) is 18.2 Å². The van der Waals surface area contributed by atoms with Crippen molar-refractivity contribution in [3.63, 3.8) is 0 Å². The Morgan fingerprint density at radius 1 is 1.35 bits per heavy atom. The second-order valence-corrected chi connectivity index (χ2v) is 4.00. The molecule has 3 N–H and O–H groups in total. The second kappa shape index (κ2) is 7.98. The molecule has 1 rings (SSSR count). The molecule has 0 atom stereocenters. The summed E-state index contributed by atoms with van der Waals surface area (Å²) in [5.74, 6) is -0.294. The number of urea groups is 1. The number of halogens is 1. The Morgan fingerprint density at radius 2 is 2.10 bits per heavy atom. The zero-order valence-corrected chi connectivity index (χ0v) is 11.5. The van der Waals surface area contributed by atoms with E-state index in [0.717, 1.165) is 0 Å². The molecule has 1 aromatic rings. The van der Waals surface area contributed by atoms with Gasteiger partial charge >= 0.3 is 6.03 Å². The Labute approximate surface area is 116 Å². The van der Waals surface area contributed by atoms with Crippen LogP contribution in [0.25, 0.3) is 0 Å². The zero-order chi connectivity index (χ0) is 15.0. The Bertz CT molecular complexity index is 480. The molecule has 0 unspecified atom stereocenters. The first-order valence-electron chi connectivity index (χ1n) is 6.15. The average Bonchev–Trinajstić information content (AvgIpc) is 2.45. The molecule has 7 heteroatoms. The molecule has 1 aromatic carbocycles. The quantitative estimate of drug-likeness (QED) is 0.692. The van der Waals surface area contributed by atoms with Gasteiger partial charge < -0.3 is 20.7 Å². The number of carbonyl (C=O) groups is 2. The van der Waals surface area contributed by atoms with Gasteiger partial charge in [0.05, 0.1) is 12.8 Å². The van der Waals surface area contributed by atoms with E-state index in [0.29, 0.717) is 25.1 Å². The van der Waals surface area contributed by atoms with Crippen LogP contribution in [0.1, 0.15) is 12.8 Å². The SMILES string of the molecule is CNC(=O)CCCNC(=O)Nc1ccc(OC)cc1F. The average molecular weight is 283 g/mol. The maximum absolute atomic E-state index is 13.6. The number of carbonyl (C=O) groups excluding carboxylic acids is 2. The zero-order valence-electron chi connectivity index (χ0n) is 11.5. The van der Waals surface area contributed by atoms with Crippen LogP contribution in [0.3, 0.4) is 0 Å². The van der Waals surface area contributed by atoms with E-state index in [1.807, 2.05) is 0 Å². The van der Waals surface area contributed by atoms with Gasteiger partial charge in [-0.05, 0) is 18.6 Å². The highest BCUT2D eigenvalue weighted by molar-refractivity contribution is 5.89. The highest BCUT2D eigenvalue weighted by Crippen LogP contribution is 2.19. The van der Waals surface area contributed by atoms with Gasteiger partial charge in [0, 0.05) is 26.1 Å². The van der Waals surface area contributed by atoms with E-state index in [9.17, 15) is 14.0 Å². The van der Waals surface area contributed by atoms with Gasteiger partial charge in [-0.1, -0.05) is 0 Å². The van der Waals surface area contributed by atoms with E-state index in [-0.39, 0.29) is 11.6 Å². The molecule has 0 aliphatic rings. The first-order valence-corrected chi connectivity index (χ1v) is 6.15. The smallest absolute Gasteiger partial charge is 0.319 e. The lowest BCUT2D eigenvalue weighted by Crippen LogP contribution is -2.30. The molecular formula is C13H18FN3O3. The summed E-state index contributed by atoms with van der Waals surface area (Å²) < 4.78 is 18.4. The normalized spacial score (nSPS) is 9.75. The first-order chi connectivity index (χ1) is 9.56. The predicted octanol–water partition coefficient (Wildman–Crippen LogP) is 1.48. The van der Waals surface area contributed by atoms with Crippen LogP contribution in [0.4, 0.5) is 14.9 Å². The molecule has 0 aliphatic heterocycles. The minimum atomic E-state index is -0.579. The van der Waals surface area contributed by atoms with E-state index in [4.69, 9.17) is 4.74 Å². The minimum absolute atomic E-state index is 0.0644. The molecule has 0 heterocycles. The molecule has 110 valence electrons. The van der Waals surface area contributed by atoms with E-state index in [1.54, 1.807) is 13.1 Å². The molecule has 6 nitrogen and oxygen atoms in total. The van der Waals surface area contributed by atoms with E-state index in [2.05, 4.69) is 16.0 Å². The largest absolute Gasteiger partial charge is 0.497 e. The fourth-order valence-corrected chi connectivity index (χ4v) is 1.47. The molecule has 0 spiro atoms. The van der Waals surface area contributed by atoms with Crippen molar-refractivity contribution in [2.75, 3.05) is 26.0 Å². The monoisotopic (exact) mass is 283 g/mol. The van der Waals surface area contributed by atoms with Crippen molar-refractivity contribution < 1.29 is 18.7 Å². The Balaban J connectivity index is 2.37. The van der Waals surface area contributed by atoms with Gasteiger partial charge in [0.2, 0.25) is 5.91 Å². The van der Waals surface area contributed by atoms with Crippen LogP contribution in [-0.2, 0) is 4.79 Å². The van der Waals surface area contributed by atoms with Gasteiger partial charge in [-0.2, -0.15) is 0 Å². The van der Waals surface area contributed by atoms with Crippen LogP contribution < -0.4 is 20.7 Å². The van der Waals surface area contributed by atoms with Crippen molar-refractivity contribution in [1.29, 1.82) is 0 Å². The van der Waals surface area contributed by atoms with Gasteiger partial charge in [-0.3, -0.25) is 4.79 Å². The molecule has 20 heavy (non-hydrogen) atoms. The van der Waals surface area contributed by atoms with Crippen molar-refractivity contribution in [1.82, 2.24) is 10.6 Å². The summed E-state index contributed by atoms with van der Waals surface area (Å²) in [7, 11) is 2.98. The summed E-state index contributed by atoms with van der Waals surface area (Å²) in [6.07, 6.45) is 0.839. The molecule has 0 aliphatic carbocycles. The molecule has 0 bridgehead atoms. The topological polar surface area (TPSA) is 79.5 Å². The highest BCUT2D eigenvalue weighted by Gasteiger charge is 2.07. The van der Waals surface area contributed by atoms with Crippen LogP contribution in [-0.4, -0.2) is 32.6 Å². The number of hydrogen-bond acceptors (Lipinski definition) is 3. The number of benzene rings is 1. The molecule has 0 aromatic heterocycles. The lowest BCUT2D eigenvalue weighted by atomic mass is 10.3. The number of anilines is 1. The Hall–Kier alpha value is -2.31. The van der Waals surface area contributed by atoms with Gasteiger partial charge in [-0.15, -0.1) is 0 Å². The van der Waals surface area contributed by atoms with Crippen LogP contribution in [0, 0.1) is 5.82 Å². The Morgan fingerprint density at radius 3 is 2.70 bits per heavy atom. The van der Waals surface area contributed by atoms with Gasteiger partial charge in [-0.25, -0.2) is 9.18 Å². The summed E-state index contributed by atoms with van der Waals surface area (Å²) in [6, 6.07) is 3.62. The first kappa shape index (κ1) is 15.7. The van der Waals surface area contributed by atoms with Crippen molar-refractivity contribution in [2.24, 2.45) is 0 Å². The molecule has 0 radical (unpaired) electrons. The number of rotatable bonds is 6. The lowest BCUT2D eigenvalue weighted by molar-refractivity contribution is -0.120. The summed E-state index contributed by atoms with van der Waals surface area (Å²) in [5.41, 5.74) is 0.0644. The summed E-state index contributed by atoms with van der Waals surface area (Å²) in [6.45, 7) is 0.330. The Kier molecular flexibility index (Phi) is 6.28. The standard InChI is InChI=1S/C13H18FN3O3/c1-15-12(18)4-3-7-16-13(19)17-11-6-5-9(20-2)8-10(11)14/h5-6,8H,3-4,7H2,1-2H3,(H,15,18)(H2,16,17,19). The number of methoxy groups -OCH3 is 1. The maximum Gasteiger partial charge on any atom is 0.319 e. The number of nitrogens with one attached hydrogen (secondary N) is 3. The van der Waals surface area contributed by atoms with E-state index < -0.39 is 11.8 Å². The van der Waals surface area contributed by atoms with E-state index in [1.165, 1.54) is 19.2 Å². The predicted molar refractivity (Wildman–Crippen MR) is 73.3 cm³/mol. The summed E-state index contributed by atoms with van der Waals surface area (Å²) in [4.78, 5) is 22.5. The lowest BCUT2D eigenvalue weighted by Gasteiger charge is -2.09. The van der Waals surface area contributed by atoms with Crippen LogP contribution in [0.2, 0.25) is 0 Å². The fraction of sp³-hybridized carbons (Fsp3) is 0.385. The molecule has 3 amide bonds. The second-order valence-electron chi connectivity index (χ2n) is 4.00. The minimum Gasteiger partial charge on any atom is -0.497 e. The third-order valence-corrected chi connectivity index (χ3v) is 2.57. The molecule has 0 saturated heterocycles. The van der Waals surface area contributed by atoms with Gasteiger partial charge in [0.1, 0.15) is 11.6 Å². The molecular weight excluding hydrogens is 265 g/mol. The third kappa shape index (κ3) is 5.13. The van der Waals surface area contributed by atoms with Crippen molar-refractivity contribution >= 4 is 17.6 Å². The number of hydrogen-bond donors (Lipinski definition) is 3. The number of amides is 3. The molecule has 0 saturated carbocycles. The summed E-state index contributed by atoms with van der Waals surface area (Å²) in [5, 5.41) is 7.40. The fourth-order valence-electron chi connectivity index (χ4n) is 1.47. The van der Waals surface area contributed by atoms with Crippen molar-refractivity contribution in [3.05, 3.63) is 24.0 Å². The van der Waals surface area contributed by atoms with Crippen molar-refractivity contribution in [3.8, 4) is 5.75 Å². The molecule has 0 fully saturated rings. The van der Waals surface area contributed by atoms with Crippen molar-refractivity contribution in [2.45, 2.75) is 12.8 Å². The van der Waals surface area contributed by atoms with E-state index >= 15 is 0 Å². The van der Waals surface area contributed by atoms with Gasteiger partial charge in [0.25, 0.3) is 0 Å². The highest BCUT2D eigenvalue weighted by atomic mass is 19.1. The number of ether oxygens (including phenoxy) is 1. The van der Waals surface area contributed by atoms with Crippen LogP contribution in [0.5, 0.6) is 5.75 Å². The third-order valence-electron chi connectivity index (χ3n) is 2.57. The summed E-state index contributed by atoms with van der Waals surface area (Å²) >= 11 is 0.